The third-order valence-corrected chi connectivity index (χ3v) is 5.83. The van der Waals surface area contributed by atoms with Crippen LogP contribution in [0.1, 0.15) is 25.0 Å². The molecule has 4 aromatic rings. The number of carbonyl (C=O) groups is 1. The number of hydrogen-bond acceptors (Lipinski definition) is 5. The molecule has 0 saturated carbocycles. The molecule has 1 N–H and O–H groups in total. The van der Waals surface area contributed by atoms with Crippen molar-refractivity contribution < 1.29 is 4.79 Å². The molecule has 8 heteroatoms. The first-order valence-electron chi connectivity index (χ1n) is 10.2. The monoisotopic (exact) mass is 423 g/mol. The number of carbonyl (C=O) groups excluding carboxylic acids is 1. The average molecular weight is 423 g/mol. The van der Waals surface area contributed by atoms with Crippen molar-refractivity contribution in [2.45, 2.75) is 25.8 Å². The van der Waals surface area contributed by atoms with Gasteiger partial charge in [-0.1, -0.05) is 12.1 Å². The van der Waals surface area contributed by atoms with Crippen molar-refractivity contribution in [2.75, 3.05) is 11.9 Å². The Morgan fingerprint density at radius 1 is 1.12 bits per heavy atom. The van der Waals surface area contributed by atoms with E-state index >= 15 is 0 Å². The molecule has 8 nitrogen and oxygen atoms in total. The van der Waals surface area contributed by atoms with E-state index in [1.54, 1.807) is 35.4 Å². The highest BCUT2D eigenvalue weighted by Gasteiger charge is 2.32. The fourth-order valence-electron chi connectivity index (χ4n) is 3.93. The maximum absolute atomic E-state index is 13.3. The molecule has 4 heterocycles. The van der Waals surface area contributed by atoms with Crippen molar-refractivity contribution in [1.29, 1.82) is 5.26 Å². The Morgan fingerprint density at radius 3 is 2.59 bits per heavy atom. The fraction of sp³-hybridized carbons (Fsp3) is 0.208. The molecule has 3 aromatic heterocycles. The molecule has 0 bridgehead atoms. The van der Waals surface area contributed by atoms with Crippen molar-refractivity contribution in [3.05, 3.63) is 66.1 Å². The summed E-state index contributed by atoms with van der Waals surface area (Å²) in [6.07, 6.45) is 5.30. The zero-order valence-electron chi connectivity index (χ0n) is 18.0. The summed E-state index contributed by atoms with van der Waals surface area (Å²) in [6.45, 7) is 4.19. The van der Waals surface area contributed by atoms with Crippen LogP contribution < -0.4 is 4.90 Å². The van der Waals surface area contributed by atoms with Gasteiger partial charge in [-0.05, 0) is 43.7 Å². The van der Waals surface area contributed by atoms with Gasteiger partial charge in [0, 0.05) is 30.6 Å². The lowest BCUT2D eigenvalue weighted by Gasteiger charge is -2.35. The minimum atomic E-state index is -0.614. The van der Waals surface area contributed by atoms with Crippen molar-refractivity contribution in [3.63, 3.8) is 0 Å². The van der Waals surface area contributed by atoms with E-state index in [0.29, 0.717) is 23.3 Å². The van der Waals surface area contributed by atoms with Crippen LogP contribution in [0.25, 0.3) is 22.3 Å². The van der Waals surface area contributed by atoms with Gasteiger partial charge in [0.15, 0.2) is 0 Å². The average Bonchev–Trinajstić information content (AvgIpc) is 3.35. The van der Waals surface area contributed by atoms with Crippen molar-refractivity contribution in [2.24, 2.45) is 0 Å². The molecule has 0 saturated heterocycles. The van der Waals surface area contributed by atoms with Gasteiger partial charge in [-0.15, -0.1) is 0 Å². The molecule has 158 valence electrons. The number of fused-ring (bicyclic) bond motifs is 3. The number of nitrogens with one attached hydrogen (secondary N) is 1. The number of amides is 2. The molecule has 2 amide bonds. The molecule has 0 aliphatic carbocycles. The van der Waals surface area contributed by atoms with Crippen LogP contribution in [0.4, 0.5) is 16.2 Å². The number of aromatic amines is 1. The molecule has 0 unspecified atom stereocenters. The summed E-state index contributed by atoms with van der Waals surface area (Å²) in [5.41, 5.74) is 5.61. The van der Waals surface area contributed by atoms with E-state index in [4.69, 9.17) is 4.98 Å². The number of anilines is 2. The molecule has 0 radical (unpaired) electrons. The summed E-state index contributed by atoms with van der Waals surface area (Å²) in [7, 11) is 1.77. The van der Waals surface area contributed by atoms with Crippen LogP contribution in [-0.4, -0.2) is 38.1 Å². The van der Waals surface area contributed by atoms with Gasteiger partial charge >= 0.3 is 6.03 Å². The second-order valence-corrected chi connectivity index (χ2v) is 8.44. The molecule has 32 heavy (non-hydrogen) atoms. The molecule has 0 atom stereocenters. The Kier molecular flexibility index (Phi) is 4.41. The van der Waals surface area contributed by atoms with Crippen LogP contribution in [-0.2, 0) is 12.0 Å². The number of urea groups is 1. The first kappa shape index (κ1) is 19.7. The highest BCUT2D eigenvalue weighted by Crippen LogP contribution is 2.39. The number of benzene rings is 1. The summed E-state index contributed by atoms with van der Waals surface area (Å²) in [5, 5.41) is 16.3. The molecule has 0 spiro atoms. The van der Waals surface area contributed by atoms with Crippen molar-refractivity contribution in [3.8, 4) is 17.3 Å². The van der Waals surface area contributed by atoms with Gasteiger partial charge in [0.25, 0.3) is 0 Å². The second kappa shape index (κ2) is 7.17. The van der Waals surface area contributed by atoms with Crippen LogP contribution in [0.5, 0.6) is 0 Å². The number of nitrogens with zero attached hydrogens (tertiary/aromatic N) is 6. The highest BCUT2D eigenvalue weighted by atomic mass is 16.2. The topological polar surface area (TPSA) is 102 Å². The van der Waals surface area contributed by atoms with E-state index < -0.39 is 5.41 Å². The number of H-pyrrole nitrogens is 1. The minimum Gasteiger partial charge on any atom is -0.323 e. The summed E-state index contributed by atoms with van der Waals surface area (Å²) in [4.78, 5) is 26.1. The third kappa shape index (κ3) is 3.06. The number of aromatic nitrogens is 4. The largest absolute Gasteiger partial charge is 0.329 e. The van der Waals surface area contributed by atoms with Crippen LogP contribution >= 0.6 is 0 Å². The molecular weight excluding hydrogens is 402 g/mol. The number of rotatable bonds is 3. The molecule has 1 aromatic carbocycles. The second-order valence-electron chi connectivity index (χ2n) is 8.44. The van der Waals surface area contributed by atoms with Gasteiger partial charge < -0.3 is 4.90 Å². The van der Waals surface area contributed by atoms with Gasteiger partial charge in [-0.3, -0.25) is 15.0 Å². The zero-order valence-corrected chi connectivity index (χ0v) is 18.0. The summed E-state index contributed by atoms with van der Waals surface area (Å²) < 4.78 is 0. The first-order valence-corrected chi connectivity index (χ1v) is 10.2. The van der Waals surface area contributed by atoms with E-state index in [-0.39, 0.29) is 6.03 Å². The highest BCUT2D eigenvalue weighted by molar-refractivity contribution is 6.08. The number of nitriles is 1. The lowest BCUT2D eigenvalue weighted by molar-refractivity contribution is 0.213. The Labute approximate surface area is 185 Å². The van der Waals surface area contributed by atoms with Crippen LogP contribution in [0.2, 0.25) is 0 Å². The van der Waals surface area contributed by atoms with Gasteiger partial charge in [0.1, 0.15) is 5.52 Å². The number of pyridine rings is 2. The molecule has 5 rings (SSSR count). The molecular formula is C24H21N7O. The summed E-state index contributed by atoms with van der Waals surface area (Å²) in [5.74, 6) is 0. The van der Waals surface area contributed by atoms with Crippen molar-refractivity contribution >= 4 is 28.4 Å². The van der Waals surface area contributed by atoms with Crippen LogP contribution in [0.3, 0.4) is 0 Å². The van der Waals surface area contributed by atoms with Gasteiger partial charge in [-0.25, -0.2) is 9.78 Å². The van der Waals surface area contributed by atoms with E-state index in [9.17, 15) is 10.1 Å². The maximum Gasteiger partial charge on any atom is 0.329 e. The maximum atomic E-state index is 13.3. The molecule has 1 aliphatic heterocycles. The van der Waals surface area contributed by atoms with Crippen molar-refractivity contribution in [1.82, 2.24) is 25.1 Å². The normalized spacial score (nSPS) is 13.9. The van der Waals surface area contributed by atoms with E-state index in [0.717, 1.165) is 28.1 Å². The standard InChI is InChI=1S/C24H21N7O/c1-24(2,14-25)17-4-6-18(7-5-17)31-22-16(13-30(3)23(31)32)10-26-20-9-8-19(29-21(20)22)15-11-27-28-12-15/h4-12H,13H2,1-3H3,(H,27,28). The Morgan fingerprint density at radius 2 is 1.91 bits per heavy atom. The van der Waals surface area contributed by atoms with Gasteiger partial charge in [-0.2, -0.15) is 10.4 Å². The van der Waals surface area contributed by atoms with Gasteiger partial charge in [0.05, 0.1) is 46.8 Å². The molecule has 0 fully saturated rings. The predicted octanol–water partition coefficient (Wildman–Crippen LogP) is 4.52. The summed E-state index contributed by atoms with van der Waals surface area (Å²) in [6, 6.07) is 13.5. The SMILES string of the molecule is CN1Cc2cnc3ccc(-c4cn[nH]c4)nc3c2N(c2ccc(C(C)(C)C#N)cc2)C1=O. The smallest absolute Gasteiger partial charge is 0.323 e. The Balaban J connectivity index is 1.70. The number of hydrogen-bond donors (Lipinski definition) is 1. The van der Waals surface area contributed by atoms with E-state index in [2.05, 4.69) is 21.3 Å². The first-order chi connectivity index (χ1) is 15.4. The van der Waals surface area contributed by atoms with Crippen LogP contribution in [0, 0.1) is 11.3 Å². The van der Waals surface area contributed by atoms with E-state index in [1.807, 2.05) is 50.2 Å². The lowest BCUT2D eigenvalue weighted by atomic mass is 9.86. The molecule has 1 aliphatic rings. The Hall–Kier alpha value is -4.25. The zero-order chi connectivity index (χ0) is 22.5. The Bertz CT molecular complexity index is 1370. The third-order valence-electron chi connectivity index (χ3n) is 5.83. The minimum absolute atomic E-state index is 0.146. The summed E-state index contributed by atoms with van der Waals surface area (Å²) >= 11 is 0. The quantitative estimate of drug-likeness (QED) is 0.522. The predicted molar refractivity (Wildman–Crippen MR) is 121 cm³/mol. The van der Waals surface area contributed by atoms with Crippen LogP contribution in [0.15, 0.2) is 55.0 Å². The van der Waals surface area contributed by atoms with Gasteiger partial charge in [0.2, 0.25) is 0 Å². The van der Waals surface area contributed by atoms with E-state index in [1.165, 1.54) is 0 Å². The fourth-order valence-corrected chi connectivity index (χ4v) is 3.93. The lowest BCUT2D eigenvalue weighted by Crippen LogP contribution is -2.42.